The van der Waals surface area contributed by atoms with Gasteiger partial charge in [-0.3, -0.25) is 4.79 Å². The number of benzene rings is 1. The minimum atomic E-state index is -0.423. The molecule has 2 aromatic rings. The van der Waals surface area contributed by atoms with Gasteiger partial charge in [-0.1, -0.05) is 17.7 Å². The molecule has 1 heterocycles. The monoisotopic (exact) mass is 311 g/mol. The summed E-state index contributed by atoms with van der Waals surface area (Å²) in [5.74, 6) is -0.0254. The lowest BCUT2D eigenvalue weighted by molar-refractivity contribution is 0.309. The van der Waals surface area contributed by atoms with Gasteiger partial charge in [0.1, 0.15) is 11.6 Å². The third kappa shape index (κ3) is 4.27. The van der Waals surface area contributed by atoms with Gasteiger partial charge in [-0.2, -0.15) is 5.10 Å². The Morgan fingerprint density at radius 2 is 2.19 bits per heavy atom. The van der Waals surface area contributed by atoms with Gasteiger partial charge < -0.3 is 10.5 Å². The molecule has 2 rings (SSSR count). The average molecular weight is 312 g/mol. The van der Waals surface area contributed by atoms with Crippen LogP contribution in [0.1, 0.15) is 12.0 Å². The molecule has 0 aliphatic carbocycles. The Morgan fingerprint density at radius 1 is 1.38 bits per heavy atom. The van der Waals surface area contributed by atoms with Crippen molar-refractivity contribution in [3.63, 3.8) is 0 Å². The van der Waals surface area contributed by atoms with Crippen molar-refractivity contribution < 1.29 is 9.13 Å². The second-order valence-electron chi connectivity index (χ2n) is 4.41. The predicted molar refractivity (Wildman–Crippen MR) is 78.2 cm³/mol. The Morgan fingerprint density at radius 3 is 2.86 bits per heavy atom. The SMILES string of the molecule is NCCCOc1cnn(Cc2ccc(F)cc2Cl)c(=O)c1. The molecule has 0 saturated carbocycles. The topological polar surface area (TPSA) is 70.1 Å². The summed E-state index contributed by atoms with van der Waals surface area (Å²) < 4.78 is 19.5. The van der Waals surface area contributed by atoms with Gasteiger partial charge >= 0.3 is 0 Å². The molecule has 0 radical (unpaired) electrons. The Labute approximate surface area is 126 Å². The first-order valence-electron chi connectivity index (χ1n) is 6.44. The van der Waals surface area contributed by atoms with Crippen LogP contribution in [-0.2, 0) is 6.54 Å². The van der Waals surface area contributed by atoms with E-state index >= 15 is 0 Å². The summed E-state index contributed by atoms with van der Waals surface area (Å²) in [5.41, 5.74) is 5.65. The van der Waals surface area contributed by atoms with Gasteiger partial charge in [-0.05, 0) is 30.7 Å². The molecule has 0 unspecified atom stereocenters. The summed E-state index contributed by atoms with van der Waals surface area (Å²) in [4.78, 5) is 11.9. The van der Waals surface area contributed by atoms with Gasteiger partial charge in [0, 0.05) is 11.1 Å². The largest absolute Gasteiger partial charge is 0.492 e. The molecule has 0 aliphatic rings. The zero-order valence-electron chi connectivity index (χ0n) is 11.3. The molecule has 0 atom stereocenters. The molecule has 0 amide bonds. The number of hydrogen-bond donors (Lipinski definition) is 1. The van der Waals surface area contributed by atoms with Crippen molar-refractivity contribution in [1.82, 2.24) is 9.78 Å². The van der Waals surface area contributed by atoms with Gasteiger partial charge in [-0.25, -0.2) is 9.07 Å². The highest BCUT2D eigenvalue weighted by Crippen LogP contribution is 2.17. The number of aromatic nitrogens is 2. The highest BCUT2D eigenvalue weighted by Gasteiger charge is 2.06. The predicted octanol–water partition coefficient (Wildman–Crippen LogP) is 1.81. The van der Waals surface area contributed by atoms with E-state index in [1.165, 1.54) is 35.1 Å². The van der Waals surface area contributed by atoms with Crippen molar-refractivity contribution in [3.8, 4) is 5.75 Å². The van der Waals surface area contributed by atoms with Crippen molar-refractivity contribution in [2.45, 2.75) is 13.0 Å². The highest BCUT2D eigenvalue weighted by atomic mass is 35.5. The summed E-state index contributed by atoms with van der Waals surface area (Å²) in [6.07, 6.45) is 2.16. The normalized spacial score (nSPS) is 10.6. The second-order valence-corrected chi connectivity index (χ2v) is 4.82. The molecule has 7 heteroatoms. The second kappa shape index (κ2) is 7.19. The maximum atomic E-state index is 13.0. The Balaban J connectivity index is 2.12. The van der Waals surface area contributed by atoms with E-state index in [-0.39, 0.29) is 17.1 Å². The van der Waals surface area contributed by atoms with Gasteiger partial charge in [0.15, 0.2) is 0 Å². The lowest BCUT2D eigenvalue weighted by atomic mass is 10.2. The van der Waals surface area contributed by atoms with Gasteiger partial charge in [0.25, 0.3) is 5.56 Å². The molecule has 112 valence electrons. The molecule has 0 aliphatic heterocycles. The highest BCUT2D eigenvalue weighted by molar-refractivity contribution is 6.31. The number of ether oxygens (including phenoxy) is 1. The van der Waals surface area contributed by atoms with Crippen molar-refractivity contribution in [3.05, 3.63) is 57.2 Å². The fourth-order valence-corrected chi connectivity index (χ4v) is 1.93. The number of halogens is 2. The number of nitrogens with two attached hydrogens (primary N) is 1. The van der Waals surface area contributed by atoms with E-state index < -0.39 is 5.82 Å². The van der Waals surface area contributed by atoms with E-state index in [2.05, 4.69) is 5.10 Å². The molecule has 21 heavy (non-hydrogen) atoms. The number of nitrogens with zero attached hydrogens (tertiary/aromatic N) is 2. The Hall–Kier alpha value is -1.92. The van der Waals surface area contributed by atoms with Crippen molar-refractivity contribution in [2.75, 3.05) is 13.2 Å². The van der Waals surface area contributed by atoms with Crippen LogP contribution in [-0.4, -0.2) is 22.9 Å². The molecular weight excluding hydrogens is 297 g/mol. The van der Waals surface area contributed by atoms with Crippen LogP contribution in [0.5, 0.6) is 5.75 Å². The van der Waals surface area contributed by atoms with E-state index in [1.807, 2.05) is 0 Å². The smallest absolute Gasteiger partial charge is 0.270 e. The lowest BCUT2D eigenvalue weighted by Gasteiger charge is -2.08. The minimum absolute atomic E-state index is 0.168. The van der Waals surface area contributed by atoms with Gasteiger partial charge in [-0.15, -0.1) is 0 Å². The van der Waals surface area contributed by atoms with Gasteiger partial charge in [0.2, 0.25) is 0 Å². The van der Waals surface area contributed by atoms with E-state index in [0.29, 0.717) is 30.9 Å². The first-order chi connectivity index (χ1) is 10.1. The summed E-state index contributed by atoms with van der Waals surface area (Å²) in [7, 11) is 0. The van der Waals surface area contributed by atoms with Crippen molar-refractivity contribution in [2.24, 2.45) is 5.73 Å². The van der Waals surface area contributed by atoms with Gasteiger partial charge in [0.05, 0.1) is 19.3 Å². The van der Waals surface area contributed by atoms with Crippen LogP contribution >= 0.6 is 11.6 Å². The van der Waals surface area contributed by atoms with Crippen LogP contribution in [0.4, 0.5) is 4.39 Å². The summed E-state index contributed by atoms with van der Waals surface area (Å²) >= 11 is 5.93. The van der Waals surface area contributed by atoms with Crippen LogP contribution < -0.4 is 16.0 Å². The Kier molecular flexibility index (Phi) is 5.30. The molecule has 1 aromatic carbocycles. The maximum Gasteiger partial charge on any atom is 0.270 e. The summed E-state index contributed by atoms with van der Waals surface area (Å²) in [5, 5.41) is 4.27. The van der Waals surface area contributed by atoms with E-state index in [0.717, 1.165) is 0 Å². The molecule has 2 N–H and O–H groups in total. The molecule has 5 nitrogen and oxygen atoms in total. The quantitative estimate of drug-likeness (QED) is 0.826. The average Bonchev–Trinajstić information content (AvgIpc) is 2.44. The zero-order valence-corrected chi connectivity index (χ0v) is 12.0. The first kappa shape index (κ1) is 15.5. The third-order valence-electron chi connectivity index (χ3n) is 2.80. The fraction of sp³-hybridized carbons (Fsp3) is 0.286. The molecule has 0 spiro atoms. The van der Waals surface area contributed by atoms with Crippen LogP contribution in [0, 0.1) is 5.82 Å². The number of hydrogen-bond acceptors (Lipinski definition) is 4. The summed E-state index contributed by atoms with van der Waals surface area (Å²) in [6, 6.07) is 5.36. The van der Waals surface area contributed by atoms with Crippen LogP contribution in [0.3, 0.4) is 0 Å². The molecule has 0 saturated heterocycles. The van der Waals surface area contributed by atoms with E-state index in [1.54, 1.807) is 0 Å². The zero-order chi connectivity index (χ0) is 15.2. The molecule has 1 aromatic heterocycles. The maximum absolute atomic E-state index is 13.0. The van der Waals surface area contributed by atoms with Crippen LogP contribution in [0.25, 0.3) is 0 Å². The Bertz CT molecular complexity index is 676. The molecular formula is C14H15ClFN3O2. The molecule has 0 fully saturated rings. The van der Waals surface area contributed by atoms with Crippen LogP contribution in [0.15, 0.2) is 35.3 Å². The van der Waals surface area contributed by atoms with Crippen molar-refractivity contribution in [1.29, 1.82) is 0 Å². The lowest BCUT2D eigenvalue weighted by Crippen LogP contribution is -2.23. The third-order valence-corrected chi connectivity index (χ3v) is 3.15. The standard InChI is InChI=1S/C14H15ClFN3O2/c15-13-6-11(16)3-2-10(13)9-19-14(20)7-12(8-18-19)21-5-1-4-17/h2-3,6-8H,1,4-5,9,17H2. The fourth-order valence-electron chi connectivity index (χ4n) is 1.70. The van der Waals surface area contributed by atoms with E-state index in [4.69, 9.17) is 22.1 Å². The first-order valence-corrected chi connectivity index (χ1v) is 6.82. The van der Waals surface area contributed by atoms with Crippen molar-refractivity contribution >= 4 is 11.6 Å². The van der Waals surface area contributed by atoms with E-state index in [9.17, 15) is 9.18 Å². The van der Waals surface area contributed by atoms with Crippen LogP contribution in [0.2, 0.25) is 5.02 Å². The number of rotatable bonds is 6. The summed E-state index contributed by atoms with van der Waals surface area (Å²) in [6.45, 7) is 1.13. The minimum Gasteiger partial charge on any atom is -0.492 e. The molecule has 0 bridgehead atoms.